The van der Waals surface area contributed by atoms with Crippen molar-refractivity contribution in [1.82, 2.24) is 0 Å². The first-order valence-electron chi connectivity index (χ1n) is 2.64. The summed E-state index contributed by atoms with van der Waals surface area (Å²) in [7, 11) is 0. The zero-order chi connectivity index (χ0) is 8.43. The molecule has 1 aromatic rings. The summed E-state index contributed by atoms with van der Waals surface area (Å²) in [6.45, 7) is 0. The smallest absolute Gasteiger partial charge is 0.542 e. The minimum atomic E-state index is -1.56. The molecule has 0 spiro atoms. The van der Waals surface area contributed by atoms with Crippen molar-refractivity contribution < 1.29 is 41.3 Å². The third kappa shape index (κ3) is 2.11. The third-order valence-electron chi connectivity index (χ3n) is 1.01. The predicted octanol–water partition coefficient (Wildman–Crippen LogP) is -2.00. The van der Waals surface area contributed by atoms with Crippen LogP contribution in [0.2, 0.25) is 0 Å². The number of hydrogen-bond acceptors (Lipinski definition) is 5. The van der Waals surface area contributed by atoms with Crippen LogP contribution >= 0.6 is 0 Å². The second-order valence-electron chi connectivity index (χ2n) is 1.74. The van der Waals surface area contributed by atoms with E-state index in [4.69, 9.17) is 0 Å². The monoisotopic (exact) mass is 217 g/mol. The number of carboxylic acids is 2. The van der Waals surface area contributed by atoms with E-state index in [2.05, 4.69) is 4.42 Å². The molecule has 5 nitrogen and oxygen atoms in total. The van der Waals surface area contributed by atoms with Gasteiger partial charge >= 0.3 is 17.1 Å². The molecule has 0 aliphatic rings. The van der Waals surface area contributed by atoms with Gasteiger partial charge in [-0.15, -0.1) is 0 Å². The molecule has 0 bridgehead atoms. The van der Waals surface area contributed by atoms with E-state index in [-0.39, 0.29) is 17.1 Å². The maximum Gasteiger partial charge on any atom is 2.00 e. The molecule has 0 atom stereocenters. The Kier molecular flexibility index (Phi) is 3.53. The van der Waals surface area contributed by atoms with Gasteiger partial charge in [0.2, 0.25) is 0 Å². The molecule has 0 fully saturated rings. The number of furan rings is 1. The Labute approximate surface area is 77.5 Å². The quantitative estimate of drug-likeness (QED) is 0.535. The molecule has 0 amide bonds. The van der Waals surface area contributed by atoms with Crippen LogP contribution in [0, 0.1) is 0 Å². The average molecular weight is 218 g/mol. The number of carbonyl (C=O) groups is 2. The van der Waals surface area contributed by atoms with E-state index < -0.39 is 23.5 Å². The van der Waals surface area contributed by atoms with Crippen LogP contribution in [-0.2, 0) is 17.1 Å². The summed E-state index contributed by atoms with van der Waals surface area (Å²) >= 11 is 0. The Morgan fingerprint density at radius 2 is 1.42 bits per heavy atom. The molecule has 0 N–H and O–H groups in total. The molecule has 1 heterocycles. The van der Waals surface area contributed by atoms with E-state index >= 15 is 0 Å². The maximum absolute atomic E-state index is 10.0. The topological polar surface area (TPSA) is 93.4 Å². The summed E-state index contributed by atoms with van der Waals surface area (Å²) in [5.74, 6) is -4.16. The van der Waals surface area contributed by atoms with Gasteiger partial charge in [0, 0.05) is 0 Å². The zero-order valence-corrected chi connectivity index (χ0v) is 6.44. The Balaban J connectivity index is 0.00000121. The largest absolute Gasteiger partial charge is 2.00 e. The van der Waals surface area contributed by atoms with Crippen molar-refractivity contribution in [2.75, 3.05) is 0 Å². The summed E-state index contributed by atoms with van der Waals surface area (Å²) in [5, 5.41) is 20.0. The molecular formula is C6H2CuO5. The second kappa shape index (κ2) is 3.94. The molecule has 0 unspecified atom stereocenters. The van der Waals surface area contributed by atoms with E-state index in [0.29, 0.717) is 0 Å². The molecule has 1 aromatic heterocycles. The number of carbonyl (C=O) groups excluding carboxylic acids is 2. The first-order valence-corrected chi connectivity index (χ1v) is 2.64. The van der Waals surface area contributed by atoms with E-state index in [9.17, 15) is 19.8 Å². The number of rotatable bonds is 2. The van der Waals surface area contributed by atoms with Gasteiger partial charge in [-0.3, -0.25) is 0 Å². The zero-order valence-electron chi connectivity index (χ0n) is 5.50. The Morgan fingerprint density at radius 1 is 1.08 bits per heavy atom. The molecular weight excluding hydrogens is 216 g/mol. The van der Waals surface area contributed by atoms with Crippen LogP contribution in [0.5, 0.6) is 0 Å². The first-order chi connectivity index (χ1) is 5.11. The van der Waals surface area contributed by atoms with Crippen molar-refractivity contribution in [3.63, 3.8) is 0 Å². The molecule has 0 aliphatic carbocycles. The first kappa shape index (κ1) is 10.7. The third-order valence-corrected chi connectivity index (χ3v) is 1.01. The van der Waals surface area contributed by atoms with Crippen molar-refractivity contribution in [1.29, 1.82) is 0 Å². The summed E-state index contributed by atoms with van der Waals surface area (Å²) in [6, 6.07) is 1.97. The molecule has 1 radical (unpaired) electrons. The molecule has 67 valence electrons. The Morgan fingerprint density at radius 3 is 1.58 bits per heavy atom. The van der Waals surface area contributed by atoms with Gasteiger partial charge in [0.15, 0.2) is 0 Å². The SMILES string of the molecule is O=C([O-])c1ccc(C(=O)[O-])o1.[Cu+2]. The number of hydrogen-bond donors (Lipinski definition) is 0. The molecule has 0 saturated heterocycles. The minimum Gasteiger partial charge on any atom is -0.542 e. The molecule has 1 rings (SSSR count). The van der Waals surface area contributed by atoms with E-state index in [1.165, 1.54) is 0 Å². The van der Waals surface area contributed by atoms with Gasteiger partial charge < -0.3 is 24.2 Å². The normalized spacial score (nSPS) is 8.67. The van der Waals surface area contributed by atoms with Crippen LogP contribution < -0.4 is 10.2 Å². The molecule has 12 heavy (non-hydrogen) atoms. The molecule has 0 aliphatic heterocycles. The van der Waals surface area contributed by atoms with Crippen molar-refractivity contribution in [3.8, 4) is 0 Å². The molecule has 6 heteroatoms. The second-order valence-corrected chi connectivity index (χ2v) is 1.74. The Hall–Kier alpha value is -1.26. The van der Waals surface area contributed by atoms with Crippen LogP contribution in [0.3, 0.4) is 0 Å². The van der Waals surface area contributed by atoms with E-state index in [1.54, 1.807) is 0 Å². The summed E-state index contributed by atoms with van der Waals surface area (Å²) in [5.41, 5.74) is 0. The Bertz CT molecular complexity index is 274. The maximum atomic E-state index is 10.0. The summed E-state index contributed by atoms with van der Waals surface area (Å²) in [6.07, 6.45) is 0. The fourth-order valence-corrected chi connectivity index (χ4v) is 0.557. The van der Waals surface area contributed by atoms with Gasteiger partial charge in [0.1, 0.15) is 23.5 Å². The fraction of sp³-hybridized carbons (Fsp3) is 0. The van der Waals surface area contributed by atoms with Gasteiger partial charge in [-0.2, -0.15) is 0 Å². The van der Waals surface area contributed by atoms with Gasteiger partial charge in [0.25, 0.3) is 0 Å². The fourth-order valence-electron chi connectivity index (χ4n) is 0.557. The van der Waals surface area contributed by atoms with Gasteiger partial charge in [-0.05, 0) is 12.1 Å². The number of carboxylic acid groups (broad SMARTS) is 2. The van der Waals surface area contributed by atoms with Crippen LogP contribution in [0.4, 0.5) is 0 Å². The summed E-state index contributed by atoms with van der Waals surface area (Å²) in [4.78, 5) is 20.0. The molecule has 0 saturated carbocycles. The molecule has 0 aromatic carbocycles. The van der Waals surface area contributed by atoms with Crippen LogP contribution in [0.1, 0.15) is 21.1 Å². The standard InChI is InChI=1S/C6H4O5.Cu/c7-5(8)3-1-2-4(11-3)6(9)10;/h1-2H,(H,7,8)(H,9,10);/q;+2/p-2. The van der Waals surface area contributed by atoms with Crippen molar-refractivity contribution >= 4 is 11.9 Å². The van der Waals surface area contributed by atoms with Crippen molar-refractivity contribution in [2.45, 2.75) is 0 Å². The van der Waals surface area contributed by atoms with Crippen LogP contribution in [-0.4, -0.2) is 11.9 Å². The van der Waals surface area contributed by atoms with Crippen LogP contribution in [0.15, 0.2) is 16.5 Å². The predicted molar refractivity (Wildman–Crippen MR) is 27.4 cm³/mol. The number of aromatic carboxylic acids is 2. The van der Waals surface area contributed by atoms with E-state index in [1.807, 2.05) is 0 Å². The summed E-state index contributed by atoms with van der Waals surface area (Å²) < 4.78 is 4.28. The van der Waals surface area contributed by atoms with Crippen molar-refractivity contribution in [2.24, 2.45) is 0 Å². The van der Waals surface area contributed by atoms with Crippen molar-refractivity contribution in [3.05, 3.63) is 23.7 Å². The van der Waals surface area contributed by atoms with E-state index in [0.717, 1.165) is 12.1 Å². The minimum absolute atomic E-state index is 0. The van der Waals surface area contributed by atoms with Gasteiger partial charge in [-0.25, -0.2) is 0 Å². The van der Waals surface area contributed by atoms with Gasteiger partial charge in [0.05, 0.1) is 0 Å². The van der Waals surface area contributed by atoms with Crippen LogP contribution in [0.25, 0.3) is 0 Å². The van der Waals surface area contributed by atoms with Gasteiger partial charge in [-0.1, -0.05) is 0 Å². The average Bonchev–Trinajstić information content (AvgIpc) is 2.33.